The fourth-order valence-electron chi connectivity index (χ4n) is 2.79. The van der Waals surface area contributed by atoms with Gasteiger partial charge in [0.1, 0.15) is 5.56 Å². The zero-order chi connectivity index (χ0) is 15.5. The number of aromatic nitrogens is 1. The van der Waals surface area contributed by atoms with Gasteiger partial charge in [-0.3, -0.25) is 14.5 Å². The molecule has 0 aliphatic carbocycles. The molecule has 0 unspecified atom stereocenters. The standard InChI is InChI=1S/C16H19N3O3/c17-15(20)13-11-12-3-1-2-4-14(12)19(16(13)21)6-5-18-7-9-22-10-8-18/h1-4,11H,5-10H2,(H2,17,20). The monoisotopic (exact) mass is 301 g/mol. The van der Waals surface area contributed by atoms with Crippen LogP contribution < -0.4 is 11.3 Å². The van der Waals surface area contributed by atoms with Gasteiger partial charge in [0.25, 0.3) is 11.5 Å². The summed E-state index contributed by atoms with van der Waals surface area (Å²) in [6, 6.07) is 9.11. The van der Waals surface area contributed by atoms with Crippen molar-refractivity contribution in [2.45, 2.75) is 6.54 Å². The average molecular weight is 301 g/mol. The first-order valence-corrected chi connectivity index (χ1v) is 7.39. The van der Waals surface area contributed by atoms with E-state index in [1.807, 2.05) is 24.3 Å². The Bertz CT molecular complexity index is 748. The van der Waals surface area contributed by atoms with Crippen molar-refractivity contribution in [3.8, 4) is 0 Å². The molecule has 2 N–H and O–H groups in total. The second-order valence-corrected chi connectivity index (χ2v) is 5.39. The molecule has 1 aliphatic heterocycles. The largest absolute Gasteiger partial charge is 0.379 e. The number of benzene rings is 1. The SMILES string of the molecule is NC(=O)c1cc2ccccc2n(CCN2CCOCC2)c1=O. The highest BCUT2D eigenvalue weighted by molar-refractivity contribution is 5.96. The van der Waals surface area contributed by atoms with Gasteiger partial charge in [0.15, 0.2) is 0 Å². The number of carbonyl (C=O) groups is 1. The Hall–Kier alpha value is -2.18. The van der Waals surface area contributed by atoms with Gasteiger partial charge >= 0.3 is 0 Å². The molecule has 0 saturated carbocycles. The van der Waals surface area contributed by atoms with Crippen LogP contribution in [0.15, 0.2) is 35.1 Å². The number of carbonyl (C=O) groups excluding carboxylic acids is 1. The third-order valence-electron chi connectivity index (χ3n) is 4.01. The third-order valence-corrected chi connectivity index (χ3v) is 4.01. The summed E-state index contributed by atoms with van der Waals surface area (Å²) in [5.41, 5.74) is 5.88. The summed E-state index contributed by atoms with van der Waals surface area (Å²) in [6.07, 6.45) is 0. The lowest BCUT2D eigenvalue weighted by atomic mass is 10.1. The number of hydrogen-bond donors (Lipinski definition) is 1. The Morgan fingerprint density at radius 2 is 1.91 bits per heavy atom. The van der Waals surface area contributed by atoms with Crippen molar-refractivity contribution in [3.63, 3.8) is 0 Å². The third kappa shape index (κ3) is 2.88. The maximum absolute atomic E-state index is 12.5. The smallest absolute Gasteiger partial charge is 0.263 e. The highest BCUT2D eigenvalue weighted by atomic mass is 16.5. The molecular weight excluding hydrogens is 282 g/mol. The first kappa shape index (κ1) is 14.7. The van der Waals surface area contributed by atoms with Crippen molar-refractivity contribution in [3.05, 3.63) is 46.2 Å². The van der Waals surface area contributed by atoms with E-state index >= 15 is 0 Å². The zero-order valence-corrected chi connectivity index (χ0v) is 12.3. The second kappa shape index (κ2) is 6.29. The van der Waals surface area contributed by atoms with E-state index in [1.54, 1.807) is 10.6 Å². The Morgan fingerprint density at radius 1 is 1.18 bits per heavy atom. The molecule has 0 spiro atoms. The molecule has 2 heterocycles. The van der Waals surface area contributed by atoms with Crippen LogP contribution in [0, 0.1) is 0 Å². The molecule has 1 aromatic heterocycles. The predicted octanol–water partition coefficient (Wildman–Crippen LogP) is 0.433. The molecule has 0 radical (unpaired) electrons. The number of para-hydroxylation sites is 1. The van der Waals surface area contributed by atoms with Gasteiger partial charge < -0.3 is 15.0 Å². The van der Waals surface area contributed by atoms with E-state index in [0.717, 1.165) is 43.8 Å². The average Bonchev–Trinajstić information content (AvgIpc) is 2.54. The molecule has 1 saturated heterocycles. The summed E-state index contributed by atoms with van der Waals surface area (Å²) in [7, 11) is 0. The number of fused-ring (bicyclic) bond motifs is 1. The van der Waals surface area contributed by atoms with Gasteiger partial charge in [0, 0.05) is 26.2 Å². The molecule has 6 nitrogen and oxygen atoms in total. The normalized spacial score (nSPS) is 16.0. The van der Waals surface area contributed by atoms with Gasteiger partial charge in [-0.1, -0.05) is 18.2 Å². The molecule has 6 heteroatoms. The molecule has 22 heavy (non-hydrogen) atoms. The van der Waals surface area contributed by atoms with Crippen LogP contribution in [0.3, 0.4) is 0 Å². The molecule has 116 valence electrons. The van der Waals surface area contributed by atoms with Crippen molar-refractivity contribution < 1.29 is 9.53 Å². The number of rotatable bonds is 4. The van der Waals surface area contributed by atoms with E-state index in [0.29, 0.717) is 6.54 Å². The minimum atomic E-state index is -0.684. The maximum Gasteiger partial charge on any atom is 0.263 e. The summed E-state index contributed by atoms with van der Waals surface area (Å²) in [5, 5.41) is 0.845. The lowest BCUT2D eigenvalue weighted by Gasteiger charge is -2.27. The van der Waals surface area contributed by atoms with Gasteiger partial charge in [0.2, 0.25) is 0 Å². The van der Waals surface area contributed by atoms with E-state index in [9.17, 15) is 9.59 Å². The predicted molar refractivity (Wildman–Crippen MR) is 84.0 cm³/mol. The molecule has 0 atom stereocenters. The first-order chi connectivity index (χ1) is 10.7. The molecule has 1 aromatic carbocycles. The number of nitrogens with two attached hydrogens (primary N) is 1. The number of primary amides is 1. The fourth-order valence-corrected chi connectivity index (χ4v) is 2.79. The van der Waals surface area contributed by atoms with Crippen LogP contribution in [0.4, 0.5) is 0 Å². The topological polar surface area (TPSA) is 77.6 Å². The highest BCUT2D eigenvalue weighted by Gasteiger charge is 2.15. The molecular formula is C16H19N3O3. The Kier molecular flexibility index (Phi) is 4.22. The number of nitrogens with zero attached hydrogens (tertiary/aromatic N) is 2. The van der Waals surface area contributed by atoms with Crippen molar-refractivity contribution >= 4 is 16.8 Å². The van der Waals surface area contributed by atoms with Gasteiger partial charge in [-0.2, -0.15) is 0 Å². The zero-order valence-electron chi connectivity index (χ0n) is 12.3. The molecule has 2 aromatic rings. The number of amides is 1. The number of morpholine rings is 1. The number of hydrogen-bond acceptors (Lipinski definition) is 4. The van der Waals surface area contributed by atoms with Crippen molar-refractivity contribution in [1.29, 1.82) is 0 Å². The van der Waals surface area contributed by atoms with Crippen LogP contribution >= 0.6 is 0 Å². The van der Waals surface area contributed by atoms with Gasteiger partial charge in [-0.15, -0.1) is 0 Å². The minimum absolute atomic E-state index is 0.0423. The van der Waals surface area contributed by atoms with E-state index in [2.05, 4.69) is 4.90 Å². The fraction of sp³-hybridized carbons (Fsp3) is 0.375. The van der Waals surface area contributed by atoms with Gasteiger partial charge in [0.05, 0.1) is 18.7 Å². The maximum atomic E-state index is 12.5. The molecule has 0 bridgehead atoms. The molecule has 3 rings (SSSR count). The summed E-state index contributed by atoms with van der Waals surface area (Å²) >= 11 is 0. The lowest BCUT2D eigenvalue weighted by Crippen LogP contribution is -2.40. The van der Waals surface area contributed by atoms with Gasteiger partial charge in [-0.05, 0) is 17.5 Å². The van der Waals surface area contributed by atoms with Crippen molar-refractivity contribution in [2.75, 3.05) is 32.8 Å². The second-order valence-electron chi connectivity index (χ2n) is 5.39. The van der Waals surface area contributed by atoms with E-state index in [-0.39, 0.29) is 11.1 Å². The molecule has 1 amide bonds. The van der Waals surface area contributed by atoms with Crippen molar-refractivity contribution in [2.24, 2.45) is 5.73 Å². The van der Waals surface area contributed by atoms with E-state index in [1.165, 1.54) is 0 Å². The summed E-state index contributed by atoms with van der Waals surface area (Å²) in [5.74, 6) is -0.684. The summed E-state index contributed by atoms with van der Waals surface area (Å²) < 4.78 is 6.97. The summed E-state index contributed by atoms with van der Waals surface area (Å²) in [4.78, 5) is 26.3. The quantitative estimate of drug-likeness (QED) is 0.888. The Labute approximate surface area is 128 Å². The molecule has 1 fully saturated rings. The Morgan fingerprint density at radius 3 is 2.64 bits per heavy atom. The highest BCUT2D eigenvalue weighted by Crippen LogP contribution is 2.13. The van der Waals surface area contributed by atoms with E-state index in [4.69, 9.17) is 10.5 Å². The van der Waals surface area contributed by atoms with Crippen LogP contribution in [0.2, 0.25) is 0 Å². The van der Waals surface area contributed by atoms with Gasteiger partial charge in [-0.25, -0.2) is 0 Å². The lowest BCUT2D eigenvalue weighted by molar-refractivity contribution is 0.0364. The van der Waals surface area contributed by atoms with Crippen LogP contribution in [0.1, 0.15) is 10.4 Å². The Balaban J connectivity index is 1.97. The van der Waals surface area contributed by atoms with E-state index < -0.39 is 5.91 Å². The van der Waals surface area contributed by atoms with Crippen LogP contribution in [-0.2, 0) is 11.3 Å². The van der Waals surface area contributed by atoms with Crippen LogP contribution in [-0.4, -0.2) is 48.2 Å². The first-order valence-electron chi connectivity index (χ1n) is 7.39. The number of pyridine rings is 1. The van der Waals surface area contributed by atoms with Crippen LogP contribution in [0.5, 0.6) is 0 Å². The summed E-state index contributed by atoms with van der Waals surface area (Å²) in [6.45, 7) is 4.44. The van der Waals surface area contributed by atoms with Crippen molar-refractivity contribution in [1.82, 2.24) is 9.47 Å². The molecule has 1 aliphatic rings. The number of ether oxygens (including phenoxy) is 1. The van der Waals surface area contributed by atoms with Crippen LogP contribution in [0.25, 0.3) is 10.9 Å². The minimum Gasteiger partial charge on any atom is -0.379 e.